The van der Waals surface area contributed by atoms with Crippen molar-refractivity contribution in [1.29, 1.82) is 0 Å². The topological polar surface area (TPSA) is 23.5 Å². The van der Waals surface area contributed by atoms with Crippen LogP contribution in [-0.4, -0.2) is 35.7 Å². The lowest BCUT2D eigenvalue weighted by molar-refractivity contribution is 0.132. The molecule has 1 saturated carbocycles. The first-order chi connectivity index (χ1) is 6.90. The number of nitrogens with zero attached hydrogens (tertiary/aromatic N) is 1. The molecule has 2 rings (SSSR count). The standard InChI is InChI=1S/C12H23NO/c14-10-12-7-4-8-13(12)9-11-5-2-1-3-6-11/h11-12,14H,1-10H2/t12-/m1/s1. The fourth-order valence-corrected chi connectivity index (χ4v) is 3.04. The van der Waals surface area contributed by atoms with Crippen molar-refractivity contribution in [2.24, 2.45) is 5.92 Å². The second kappa shape index (κ2) is 5.13. The molecule has 0 unspecified atom stereocenters. The summed E-state index contributed by atoms with van der Waals surface area (Å²) < 4.78 is 0. The van der Waals surface area contributed by atoms with Crippen LogP contribution in [0, 0.1) is 5.92 Å². The van der Waals surface area contributed by atoms with Crippen molar-refractivity contribution >= 4 is 0 Å². The number of aliphatic hydroxyl groups is 1. The number of hydrogen-bond acceptors (Lipinski definition) is 2. The Morgan fingerprint density at radius 1 is 1.00 bits per heavy atom. The van der Waals surface area contributed by atoms with Gasteiger partial charge < -0.3 is 5.11 Å². The van der Waals surface area contributed by atoms with E-state index < -0.39 is 0 Å². The third-order valence-corrected chi connectivity index (χ3v) is 3.93. The molecule has 0 radical (unpaired) electrons. The lowest BCUT2D eigenvalue weighted by atomic mass is 9.89. The Bertz CT molecular complexity index is 166. The van der Waals surface area contributed by atoms with E-state index in [9.17, 15) is 5.11 Å². The molecule has 2 nitrogen and oxygen atoms in total. The molecule has 0 aromatic carbocycles. The van der Waals surface area contributed by atoms with Gasteiger partial charge in [0.15, 0.2) is 0 Å². The zero-order chi connectivity index (χ0) is 9.80. The van der Waals surface area contributed by atoms with E-state index in [1.165, 1.54) is 58.0 Å². The second-order valence-corrected chi connectivity index (χ2v) is 4.98. The zero-order valence-electron chi connectivity index (χ0n) is 9.12. The van der Waals surface area contributed by atoms with Gasteiger partial charge in [-0.2, -0.15) is 0 Å². The summed E-state index contributed by atoms with van der Waals surface area (Å²) in [6.45, 7) is 2.85. The van der Waals surface area contributed by atoms with Gasteiger partial charge in [0.1, 0.15) is 0 Å². The first kappa shape index (κ1) is 10.4. The number of likely N-dealkylation sites (tertiary alicyclic amines) is 1. The van der Waals surface area contributed by atoms with E-state index in [4.69, 9.17) is 0 Å². The Morgan fingerprint density at radius 2 is 1.79 bits per heavy atom. The average Bonchev–Trinajstić information content (AvgIpc) is 2.67. The van der Waals surface area contributed by atoms with Crippen LogP contribution in [0.5, 0.6) is 0 Å². The Labute approximate surface area is 87.3 Å². The summed E-state index contributed by atoms with van der Waals surface area (Å²) in [5, 5.41) is 9.22. The van der Waals surface area contributed by atoms with Crippen molar-refractivity contribution < 1.29 is 5.11 Å². The minimum atomic E-state index is 0.368. The Kier molecular flexibility index (Phi) is 3.82. The molecule has 2 aliphatic rings. The Hall–Kier alpha value is -0.0800. The first-order valence-electron chi connectivity index (χ1n) is 6.25. The molecule has 1 atom stereocenters. The molecule has 14 heavy (non-hydrogen) atoms. The summed E-state index contributed by atoms with van der Waals surface area (Å²) in [6.07, 6.45) is 9.66. The van der Waals surface area contributed by atoms with Crippen molar-refractivity contribution in [3.8, 4) is 0 Å². The summed E-state index contributed by atoms with van der Waals surface area (Å²) in [6, 6.07) is 0.483. The van der Waals surface area contributed by atoms with Gasteiger partial charge in [0.2, 0.25) is 0 Å². The highest BCUT2D eigenvalue weighted by Crippen LogP contribution is 2.27. The van der Waals surface area contributed by atoms with Gasteiger partial charge in [0, 0.05) is 12.6 Å². The molecule has 1 saturated heterocycles. The first-order valence-corrected chi connectivity index (χ1v) is 6.25. The normalized spacial score (nSPS) is 31.1. The molecule has 82 valence electrons. The van der Waals surface area contributed by atoms with Crippen LogP contribution in [0.2, 0.25) is 0 Å². The molecule has 1 aliphatic heterocycles. The van der Waals surface area contributed by atoms with E-state index in [2.05, 4.69) is 4.90 Å². The van der Waals surface area contributed by atoms with Crippen molar-refractivity contribution in [3.63, 3.8) is 0 Å². The smallest absolute Gasteiger partial charge is 0.0586 e. The zero-order valence-corrected chi connectivity index (χ0v) is 9.12. The lowest BCUT2D eigenvalue weighted by Gasteiger charge is -2.30. The minimum Gasteiger partial charge on any atom is -0.395 e. The van der Waals surface area contributed by atoms with Crippen molar-refractivity contribution in [2.45, 2.75) is 51.0 Å². The maximum absolute atomic E-state index is 9.22. The molecule has 2 heteroatoms. The molecule has 1 aliphatic carbocycles. The van der Waals surface area contributed by atoms with Gasteiger partial charge in [0.05, 0.1) is 6.61 Å². The quantitative estimate of drug-likeness (QED) is 0.748. The highest BCUT2D eigenvalue weighted by Gasteiger charge is 2.26. The van der Waals surface area contributed by atoms with E-state index in [-0.39, 0.29) is 0 Å². The molecule has 0 aromatic heterocycles. The Morgan fingerprint density at radius 3 is 2.50 bits per heavy atom. The van der Waals surface area contributed by atoms with E-state index in [0.29, 0.717) is 12.6 Å². The fraction of sp³-hybridized carbons (Fsp3) is 1.00. The average molecular weight is 197 g/mol. The highest BCUT2D eigenvalue weighted by molar-refractivity contribution is 4.81. The van der Waals surface area contributed by atoms with E-state index in [1.54, 1.807) is 0 Å². The predicted octanol–water partition coefficient (Wildman–Crippen LogP) is 2.02. The van der Waals surface area contributed by atoms with Gasteiger partial charge in [-0.15, -0.1) is 0 Å². The fourth-order valence-electron chi connectivity index (χ4n) is 3.04. The van der Waals surface area contributed by atoms with Crippen LogP contribution >= 0.6 is 0 Å². The molecule has 2 fully saturated rings. The number of aliphatic hydroxyl groups excluding tert-OH is 1. The van der Waals surface area contributed by atoms with Crippen LogP contribution in [0.4, 0.5) is 0 Å². The minimum absolute atomic E-state index is 0.368. The second-order valence-electron chi connectivity index (χ2n) is 4.98. The summed E-state index contributed by atoms with van der Waals surface area (Å²) in [5.74, 6) is 0.927. The van der Waals surface area contributed by atoms with Crippen LogP contribution in [0.15, 0.2) is 0 Å². The van der Waals surface area contributed by atoms with Gasteiger partial charge in [-0.3, -0.25) is 4.90 Å². The largest absolute Gasteiger partial charge is 0.395 e. The third kappa shape index (κ3) is 2.48. The maximum Gasteiger partial charge on any atom is 0.0586 e. The van der Waals surface area contributed by atoms with E-state index >= 15 is 0 Å². The lowest BCUT2D eigenvalue weighted by Crippen LogP contribution is -2.36. The molecule has 0 spiro atoms. The van der Waals surface area contributed by atoms with Gasteiger partial charge in [-0.1, -0.05) is 19.3 Å². The van der Waals surface area contributed by atoms with Crippen LogP contribution in [0.3, 0.4) is 0 Å². The molecule has 1 heterocycles. The number of hydrogen-bond donors (Lipinski definition) is 1. The van der Waals surface area contributed by atoms with Gasteiger partial charge >= 0.3 is 0 Å². The predicted molar refractivity (Wildman–Crippen MR) is 58.3 cm³/mol. The van der Waals surface area contributed by atoms with Gasteiger partial charge in [0.25, 0.3) is 0 Å². The van der Waals surface area contributed by atoms with Crippen LogP contribution < -0.4 is 0 Å². The van der Waals surface area contributed by atoms with Crippen LogP contribution in [0.25, 0.3) is 0 Å². The molecule has 1 N–H and O–H groups in total. The van der Waals surface area contributed by atoms with Crippen molar-refractivity contribution in [3.05, 3.63) is 0 Å². The number of rotatable bonds is 3. The summed E-state index contributed by atoms with van der Waals surface area (Å²) in [5.41, 5.74) is 0. The molecular formula is C12H23NO. The maximum atomic E-state index is 9.22. The monoisotopic (exact) mass is 197 g/mol. The van der Waals surface area contributed by atoms with E-state index in [1.807, 2.05) is 0 Å². The Balaban J connectivity index is 1.77. The molecule has 0 amide bonds. The summed E-state index contributed by atoms with van der Waals surface area (Å²) in [4.78, 5) is 2.52. The molecular weight excluding hydrogens is 174 g/mol. The van der Waals surface area contributed by atoms with Crippen LogP contribution in [0.1, 0.15) is 44.9 Å². The third-order valence-electron chi connectivity index (χ3n) is 3.93. The summed E-state index contributed by atoms with van der Waals surface area (Å²) >= 11 is 0. The van der Waals surface area contributed by atoms with Crippen molar-refractivity contribution in [1.82, 2.24) is 4.90 Å². The highest BCUT2D eigenvalue weighted by atomic mass is 16.3. The molecule has 0 bridgehead atoms. The van der Waals surface area contributed by atoms with Gasteiger partial charge in [-0.25, -0.2) is 0 Å². The van der Waals surface area contributed by atoms with Crippen LogP contribution in [-0.2, 0) is 0 Å². The van der Waals surface area contributed by atoms with E-state index in [0.717, 1.165) is 5.92 Å². The van der Waals surface area contributed by atoms with Gasteiger partial charge in [-0.05, 0) is 38.1 Å². The molecule has 0 aromatic rings. The summed E-state index contributed by atoms with van der Waals surface area (Å²) in [7, 11) is 0. The SMILES string of the molecule is OC[C@H]1CCCN1CC1CCCCC1. The van der Waals surface area contributed by atoms with Crippen molar-refractivity contribution in [2.75, 3.05) is 19.7 Å².